The number of hydrogen-bond donors (Lipinski definition) is 2. The van der Waals surface area contributed by atoms with E-state index in [2.05, 4.69) is 15.4 Å². The number of aromatic nitrogens is 1. The Morgan fingerprint density at radius 2 is 2.04 bits per heavy atom. The maximum atomic E-state index is 13.5. The predicted octanol–water partition coefficient (Wildman–Crippen LogP) is 5.31. The van der Waals surface area contributed by atoms with Crippen LogP contribution in [0.3, 0.4) is 0 Å². The molecule has 2 rings (SSSR count). The van der Waals surface area contributed by atoms with Gasteiger partial charge in [0.1, 0.15) is 18.1 Å². The minimum absolute atomic E-state index is 0.0377. The second kappa shape index (κ2) is 7.99. The van der Waals surface area contributed by atoms with Crippen molar-refractivity contribution in [3.8, 4) is 5.88 Å². The van der Waals surface area contributed by atoms with Crippen molar-refractivity contribution in [2.75, 3.05) is 11.9 Å². The average Bonchev–Trinajstić information content (AvgIpc) is 2.58. The summed E-state index contributed by atoms with van der Waals surface area (Å²) in [6.07, 6.45) is 1.33. The van der Waals surface area contributed by atoms with Gasteiger partial charge in [0, 0.05) is 30.6 Å². The second-order valence-corrected chi connectivity index (χ2v) is 5.82. The van der Waals surface area contributed by atoms with Gasteiger partial charge >= 0.3 is 0 Å². The number of rotatable bonds is 7. The molecule has 0 saturated heterocycles. The lowest BCUT2D eigenvalue weighted by molar-refractivity contribution is 0.0138. The average molecular weight is 364 g/mol. The third-order valence-corrected chi connectivity index (χ3v) is 3.68. The van der Waals surface area contributed by atoms with Gasteiger partial charge < -0.3 is 10.1 Å². The Balaban J connectivity index is 2.07. The van der Waals surface area contributed by atoms with E-state index < -0.39 is 17.3 Å². The minimum atomic E-state index is -3.30. The van der Waals surface area contributed by atoms with E-state index in [0.29, 0.717) is 12.8 Å². The van der Waals surface area contributed by atoms with E-state index in [-0.39, 0.29) is 18.0 Å². The van der Waals surface area contributed by atoms with Gasteiger partial charge in [-0.1, -0.05) is 6.07 Å². The van der Waals surface area contributed by atoms with Crippen molar-refractivity contribution < 1.29 is 17.9 Å². The molecular formula is C18H19F3N4O. The molecule has 0 aliphatic rings. The van der Waals surface area contributed by atoms with Crippen molar-refractivity contribution in [2.45, 2.75) is 26.7 Å². The lowest BCUT2D eigenvalue weighted by Crippen LogP contribution is -2.10. The zero-order chi connectivity index (χ0) is 19.3. The third kappa shape index (κ3) is 5.05. The van der Waals surface area contributed by atoms with Gasteiger partial charge in [-0.3, -0.25) is 0 Å². The predicted molar refractivity (Wildman–Crippen MR) is 92.0 cm³/mol. The highest BCUT2D eigenvalue weighted by molar-refractivity contribution is 5.49. The van der Waals surface area contributed by atoms with Crippen LogP contribution in [0, 0.1) is 25.2 Å². The second-order valence-electron chi connectivity index (χ2n) is 5.82. The lowest BCUT2D eigenvalue weighted by Gasteiger charge is -2.13. The molecule has 0 saturated carbocycles. The van der Waals surface area contributed by atoms with Crippen LogP contribution in [0.1, 0.15) is 23.7 Å². The molecule has 0 amide bonds. The van der Waals surface area contributed by atoms with Crippen LogP contribution in [-0.4, -0.2) is 11.6 Å². The van der Waals surface area contributed by atoms with Crippen LogP contribution in [0.2, 0.25) is 0 Å². The van der Waals surface area contributed by atoms with Crippen LogP contribution < -0.4 is 10.1 Å². The number of hydrogen-bond acceptors (Lipinski definition) is 5. The Bertz CT molecular complexity index is 832. The van der Waals surface area contributed by atoms with Gasteiger partial charge in [-0.25, -0.2) is 23.7 Å². The molecule has 0 atom stereocenters. The zero-order valence-electron chi connectivity index (χ0n) is 14.6. The molecule has 2 N–H and O–H groups in total. The fourth-order valence-corrected chi connectivity index (χ4v) is 2.06. The molecule has 26 heavy (non-hydrogen) atoms. The van der Waals surface area contributed by atoms with E-state index in [1.807, 2.05) is 19.9 Å². The zero-order valence-corrected chi connectivity index (χ0v) is 14.6. The van der Waals surface area contributed by atoms with Crippen molar-refractivity contribution in [2.24, 2.45) is 5.11 Å². The first kappa shape index (κ1) is 19.4. The van der Waals surface area contributed by atoms with Gasteiger partial charge in [0.05, 0.1) is 5.56 Å². The van der Waals surface area contributed by atoms with Crippen LogP contribution in [0.15, 0.2) is 47.3 Å². The van der Waals surface area contributed by atoms with E-state index in [4.69, 9.17) is 10.3 Å². The van der Waals surface area contributed by atoms with Gasteiger partial charge in [-0.15, -0.1) is 0 Å². The van der Waals surface area contributed by atoms with Gasteiger partial charge in [-0.2, -0.15) is 5.11 Å². The van der Waals surface area contributed by atoms with E-state index in [1.54, 1.807) is 6.07 Å². The molecule has 0 aliphatic carbocycles. The number of halogens is 3. The fraction of sp³-hybridized carbons (Fsp3) is 0.278. The molecule has 0 bridgehead atoms. The third-order valence-electron chi connectivity index (χ3n) is 3.68. The van der Waals surface area contributed by atoms with Crippen molar-refractivity contribution in [3.63, 3.8) is 0 Å². The van der Waals surface area contributed by atoms with Crippen molar-refractivity contribution in [1.82, 2.24) is 4.98 Å². The number of alkyl halides is 2. The highest BCUT2D eigenvalue weighted by Gasteiger charge is 2.28. The van der Waals surface area contributed by atoms with Crippen molar-refractivity contribution >= 4 is 5.69 Å². The summed E-state index contributed by atoms with van der Waals surface area (Å²) in [5.41, 5.74) is 8.77. The summed E-state index contributed by atoms with van der Waals surface area (Å²) in [6, 6.07) is 6.85. The summed E-state index contributed by atoms with van der Waals surface area (Å²) in [5, 5.41) is 6.04. The number of aryl methyl sites for hydroxylation is 2. The van der Waals surface area contributed by atoms with Gasteiger partial charge in [-0.05, 0) is 37.6 Å². The first-order valence-electron chi connectivity index (χ1n) is 7.78. The number of nitrogens with zero attached hydrogens (tertiary/aromatic N) is 2. The van der Waals surface area contributed by atoms with Crippen LogP contribution >= 0.6 is 0 Å². The monoisotopic (exact) mass is 364 g/mol. The van der Waals surface area contributed by atoms with Gasteiger partial charge in [0.15, 0.2) is 0 Å². The molecule has 0 unspecified atom stereocenters. The number of nitrogens with one attached hydrogen (secondary N) is 2. The molecule has 0 fully saturated rings. The van der Waals surface area contributed by atoms with Crippen LogP contribution in [0.5, 0.6) is 5.88 Å². The van der Waals surface area contributed by atoms with E-state index in [1.165, 1.54) is 12.3 Å². The summed E-state index contributed by atoms with van der Waals surface area (Å²) in [6.45, 7) is 4.37. The normalized spacial score (nSPS) is 12.0. The Labute approximate surface area is 149 Å². The molecule has 1 aromatic heterocycles. The van der Waals surface area contributed by atoms with Crippen LogP contribution in [0.4, 0.5) is 18.9 Å². The molecule has 0 radical (unpaired) electrons. The van der Waals surface area contributed by atoms with Crippen molar-refractivity contribution in [1.29, 1.82) is 5.53 Å². The van der Waals surface area contributed by atoms with Crippen molar-refractivity contribution in [3.05, 3.63) is 64.9 Å². The van der Waals surface area contributed by atoms with E-state index in [0.717, 1.165) is 23.4 Å². The molecule has 0 aliphatic heterocycles. The Kier molecular flexibility index (Phi) is 5.97. The first-order chi connectivity index (χ1) is 12.2. The molecule has 1 heterocycles. The van der Waals surface area contributed by atoms with Gasteiger partial charge in [0.25, 0.3) is 5.92 Å². The largest absolute Gasteiger partial charge is 0.471 e. The highest BCUT2D eigenvalue weighted by atomic mass is 19.3. The van der Waals surface area contributed by atoms with Crippen LogP contribution in [-0.2, 0) is 5.92 Å². The Morgan fingerprint density at radius 1 is 1.31 bits per heavy atom. The summed E-state index contributed by atoms with van der Waals surface area (Å²) < 4.78 is 45.7. The van der Waals surface area contributed by atoms with Crippen LogP contribution in [0.25, 0.3) is 0 Å². The number of anilines is 1. The molecule has 1 aromatic carbocycles. The quantitative estimate of drug-likeness (QED) is 0.654. The molecular weight excluding hydrogens is 345 g/mol. The summed E-state index contributed by atoms with van der Waals surface area (Å²) in [7, 11) is 0. The molecule has 5 nitrogen and oxygen atoms in total. The van der Waals surface area contributed by atoms with Gasteiger partial charge in [0.2, 0.25) is 5.88 Å². The summed E-state index contributed by atoms with van der Waals surface area (Å²) in [4.78, 5) is 4.25. The maximum Gasteiger partial charge on any atom is 0.273 e. The first-order valence-corrected chi connectivity index (χ1v) is 7.78. The Morgan fingerprint density at radius 3 is 2.65 bits per heavy atom. The SMILES string of the molecule is Cc1ccc(OC/C(=C/Nc2ccc(F)c(C(C)(F)F)c2)N=N)nc1C. The molecule has 0 spiro atoms. The number of ether oxygens (including phenoxy) is 1. The summed E-state index contributed by atoms with van der Waals surface area (Å²) >= 11 is 0. The number of pyridine rings is 1. The van der Waals surface area contributed by atoms with E-state index >= 15 is 0 Å². The topological polar surface area (TPSA) is 70.4 Å². The minimum Gasteiger partial charge on any atom is -0.471 e. The molecule has 8 heteroatoms. The Hall–Kier alpha value is -2.90. The highest BCUT2D eigenvalue weighted by Crippen LogP contribution is 2.31. The maximum absolute atomic E-state index is 13.5. The lowest BCUT2D eigenvalue weighted by atomic mass is 10.1. The smallest absolute Gasteiger partial charge is 0.273 e. The van der Waals surface area contributed by atoms with E-state index in [9.17, 15) is 13.2 Å². The number of benzene rings is 1. The fourth-order valence-electron chi connectivity index (χ4n) is 2.06. The molecule has 138 valence electrons. The standard InChI is InChI=1S/C18H19F3N4O/c1-11-4-7-17(24-12(11)2)26-10-14(25-22)9-23-13-5-6-16(19)15(8-13)18(3,20)21/h4-9,22-23H,10H2,1-3H3/b14-9-,25-22?. The summed E-state index contributed by atoms with van der Waals surface area (Å²) in [5.74, 6) is -3.90. The molecule has 2 aromatic rings.